The average Bonchev–Trinajstić information content (AvgIpc) is 2.39. The van der Waals surface area contributed by atoms with E-state index in [0.29, 0.717) is 5.56 Å². The van der Waals surface area contributed by atoms with Crippen LogP contribution in [0.3, 0.4) is 0 Å². The van der Waals surface area contributed by atoms with Gasteiger partial charge in [-0.15, -0.1) is 0 Å². The van der Waals surface area contributed by atoms with Crippen LogP contribution in [0.25, 0.3) is 0 Å². The fourth-order valence-corrected chi connectivity index (χ4v) is 3.49. The van der Waals surface area contributed by atoms with Crippen LogP contribution in [0.4, 0.5) is 0 Å². The molecule has 3 nitrogen and oxygen atoms in total. The Balaban J connectivity index is 2.44. The molecule has 0 aliphatic heterocycles. The van der Waals surface area contributed by atoms with Crippen molar-refractivity contribution in [2.75, 3.05) is 7.11 Å². The molecule has 0 spiro atoms. The molecular formula is C14H13BrN2OS. The minimum Gasteiger partial charge on any atom is -0.496 e. The first-order valence-electron chi connectivity index (χ1n) is 5.57. The van der Waals surface area contributed by atoms with Gasteiger partial charge in [0.1, 0.15) is 11.6 Å². The van der Waals surface area contributed by atoms with Crippen molar-refractivity contribution in [1.29, 1.82) is 5.41 Å². The van der Waals surface area contributed by atoms with Crippen LogP contribution in [0.2, 0.25) is 0 Å². The number of amidine groups is 1. The minimum absolute atomic E-state index is 0.0462. The van der Waals surface area contributed by atoms with E-state index in [0.717, 1.165) is 20.0 Å². The number of para-hydroxylation sites is 1. The predicted molar refractivity (Wildman–Crippen MR) is 82.3 cm³/mol. The standard InChI is InChI=1S/C14H13BrN2OS/c1-18-10-6-2-3-7-11(10)19-12-8-4-5-9(15)13(12)14(16)17/h2-8H,1H3,(H3,16,17). The van der Waals surface area contributed by atoms with E-state index < -0.39 is 0 Å². The monoisotopic (exact) mass is 336 g/mol. The van der Waals surface area contributed by atoms with Crippen molar-refractivity contribution in [1.82, 2.24) is 0 Å². The zero-order chi connectivity index (χ0) is 13.8. The highest BCUT2D eigenvalue weighted by Crippen LogP contribution is 2.38. The summed E-state index contributed by atoms with van der Waals surface area (Å²) < 4.78 is 6.15. The van der Waals surface area contributed by atoms with E-state index in [4.69, 9.17) is 15.9 Å². The number of nitrogens with one attached hydrogen (secondary N) is 1. The zero-order valence-electron chi connectivity index (χ0n) is 10.3. The summed E-state index contributed by atoms with van der Waals surface area (Å²) in [6.45, 7) is 0. The van der Waals surface area contributed by atoms with Gasteiger partial charge in [-0.05, 0) is 40.2 Å². The fourth-order valence-electron chi connectivity index (χ4n) is 1.67. The Morgan fingerprint density at radius 2 is 1.84 bits per heavy atom. The molecular weight excluding hydrogens is 324 g/mol. The third-order valence-electron chi connectivity index (χ3n) is 2.53. The van der Waals surface area contributed by atoms with Crippen LogP contribution in [-0.4, -0.2) is 12.9 Å². The van der Waals surface area contributed by atoms with Crippen LogP contribution >= 0.6 is 27.7 Å². The fraction of sp³-hybridized carbons (Fsp3) is 0.0714. The van der Waals surface area contributed by atoms with Crippen molar-refractivity contribution >= 4 is 33.5 Å². The Labute approximate surface area is 124 Å². The number of ether oxygens (including phenoxy) is 1. The number of hydrogen-bond donors (Lipinski definition) is 2. The lowest BCUT2D eigenvalue weighted by Gasteiger charge is -2.12. The Bertz CT molecular complexity index is 616. The minimum atomic E-state index is 0.0462. The van der Waals surface area contributed by atoms with Crippen molar-refractivity contribution < 1.29 is 4.74 Å². The molecule has 2 rings (SSSR count). The van der Waals surface area contributed by atoms with E-state index in [1.807, 2.05) is 42.5 Å². The molecule has 0 aliphatic carbocycles. The van der Waals surface area contributed by atoms with E-state index in [2.05, 4.69) is 15.9 Å². The maximum atomic E-state index is 7.68. The lowest BCUT2D eigenvalue weighted by molar-refractivity contribution is 0.405. The summed E-state index contributed by atoms with van der Waals surface area (Å²) in [5.41, 5.74) is 6.36. The molecule has 0 fully saturated rings. The van der Waals surface area contributed by atoms with Crippen LogP contribution < -0.4 is 10.5 Å². The van der Waals surface area contributed by atoms with Crippen LogP contribution in [0.15, 0.2) is 56.7 Å². The Kier molecular flexibility index (Phi) is 4.50. The van der Waals surface area contributed by atoms with Gasteiger partial charge in [-0.3, -0.25) is 5.41 Å². The highest BCUT2D eigenvalue weighted by molar-refractivity contribution is 9.10. The molecule has 0 unspecified atom stereocenters. The molecule has 5 heteroatoms. The molecule has 2 aromatic carbocycles. The maximum Gasteiger partial charge on any atom is 0.132 e. The normalized spacial score (nSPS) is 10.2. The first-order chi connectivity index (χ1) is 9.13. The van der Waals surface area contributed by atoms with Crippen LogP contribution in [-0.2, 0) is 0 Å². The third-order valence-corrected chi connectivity index (χ3v) is 4.31. The van der Waals surface area contributed by atoms with E-state index in [9.17, 15) is 0 Å². The van der Waals surface area contributed by atoms with Crippen molar-refractivity contribution in [2.24, 2.45) is 5.73 Å². The van der Waals surface area contributed by atoms with Gasteiger partial charge in [-0.1, -0.05) is 30.0 Å². The van der Waals surface area contributed by atoms with Gasteiger partial charge in [0.2, 0.25) is 0 Å². The first kappa shape index (κ1) is 14.0. The molecule has 0 heterocycles. The van der Waals surface area contributed by atoms with Gasteiger partial charge in [0.25, 0.3) is 0 Å². The lowest BCUT2D eigenvalue weighted by Crippen LogP contribution is -2.13. The Morgan fingerprint density at radius 3 is 2.53 bits per heavy atom. The smallest absolute Gasteiger partial charge is 0.132 e. The molecule has 0 amide bonds. The van der Waals surface area contributed by atoms with Crippen LogP contribution in [0.1, 0.15) is 5.56 Å². The highest BCUT2D eigenvalue weighted by Gasteiger charge is 2.12. The Morgan fingerprint density at radius 1 is 1.16 bits per heavy atom. The summed E-state index contributed by atoms with van der Waals surface area (Å²) in [5.74, 6) is 0.854. The van der Waals surface area contributed by atoms with Gasteiger partial charge in [0.15, 0.2) is 0 Å². The first-order valence-corrected chi connectivity index (χ1v) is 7.18. The number of nitrogens with two attached hydrogens (primary N) is 1. The molecule has 0 bridgehead atoms. The predicted octanol–water partition coefficient (Wildman–Crippen LogP) is 3.89. The molecule has 2 aromatic rings. The molecule has 19 heavy (non-hydrogen) atoms. The highest BCUT2D eigenvalue weighted by atomic mass is 79.9. The van der Waals surface area contributed by atoms with Crippen LogP contribution in [0, 0.1) is 5.41 Å². The largest absolute Gasteiger partial charge is 0.496 e. The average molecular weight is 337 g/mol. The van der Waals surface area contributed by atoms with Gasteiger partial charge in [-0.2, -0.15) is 0 Å². The Hall–Kier alpha value is -1.46. The number of methoxy groups -OCH3 is 1. The van der Waals surface area contributed by atoms with Crippen molar-refractivity contribution in [2.45, 2.75) is 9.79 Å². The quantitative estimate of drug-likeness (QED) is 0.657. The number of halogens is 1. The summed E-state index contributed by atoms with van der Waals surface area (Å²) >= 11 is 4.96. The third kappa shape index (κ3) is 3.11. The summed E-state index contributed by atoms with van der Waals surface area (Å²) in [6, 6.07) is 13.5. The van der Waals surface area contributed by atoms with Gasteiger partial charge >= 0.3 is 0 Å². The second kappa shape index (κ2) is 6.12. The summed E-state index contributed by atoms with van der Waals surface area (Å²) in [4.78, 5) is 1.91. The maximum absolute atomic E-state index is 7.68. The van der Waals surface area contributed by atoms with Crippen molar-refractivity contribution in [3.8, 4) is 5.75 Å². The zero-order valence-corrected chi connectivity index (χ0v) is 12.7. The van der Waals surface area contributed by atoms with Crippen molar-refractivity contribution in [3.63, 3.8) is 0 Å². The summed E-state index contributed by atoms with van der Waals surface area (Å²) in [6.07, 6.45) is 0. The summed E-state index contributed by atoms with van der Waals surface area (Å²) in [7, 11) is 1.65. The van der Waals surface area contributed by atoms with E-state index in [1.165, 1.54) is 11.8 Å². The molecule has 0 radical (unpaired) electrons. The van der Waals surface area contributed by atoms with Crippen molar-refractivity contribution in [3.05, 3.63) is 52.5 Å². The van der Waals surface area contributed by atoms with Gasteiger partial charge in [0, 0.05) is 14.9 Å². The lowest BCUT2D eigenvalue weighted by atomic mass is 10.2. The molecule has 0 saturated heterocycles. The van der Waals surface area contributed by atoms with Gasteiger partial charge in [0.05, 0.1) is 12.0 Å². The SMILES string of the molecule is COc1ccccc1Sc1cccc(Br)c1C(=N)N. The number of nitrogen functional groups attached to an aromatic ring is 1. The molecule has 0 atom stereocenters. The van der Waals surface area contributed by atoms with E-state index >= 15 is 0 Å². The van der Waals surface area contributed by atoms with E-state index in [-0.39, 0.29) is 5.84 Å². The summed E-state index contributed by atoms with van der Waals surface area (Å²) in [5, 5.41) is 7.68. The molecule has 3 N–H and O–H groups in total. The van der Waals surface area contributed by atoms with Gasteiger partial charge in [-0.25, -0.2) is 0 Å². The van der Waals surface area contributed by atoms with Gasteiger partial charge < -0.3 is 10.5 Å². The van der Waals surface area contributed by atoms with E-state index in [1.54, 1.807) is 7.11 Å². The molecule has 98 valence electrons. The van der Waals surface area contributed by atoms with Crippen LogP contribution in [0.5, 0.6) is 5.75 Å². The second-order valence-electron chi connectivity index (χ2n) is 3.78. The molecule has 0 aliphatic rings. The molecule has 0 aromatic heterocycles. The number of benzene rings is 2. The topological polar surface area (TPSA) is 59.1 Å². The second-order valence-corrected chi connectivity index (χ2v) is 5.72. The number of hydrogen-bond acceptors (Lipinski definition) is 3. The molecule has 0 saturated carbocycles. The number of rotatable bonds is 4.